The first-order valence-electron chi connectivity index (χ1n) is 8.82. The number of phenolic OH excluding ortho intramolecular Hbond substituents is 1. The lowest BCUT2D eigenvalue weighted by molar-refractivity contribution is 0.434. The number of aromatic hydroxyl groups is 1. The van der Waals surface area contributed by atoms with E-state index in [1.165, 1.54) is 6.07 Å². The lowest BCUT2D eigenvalue weighted by atomic mass is 10.0. The van der Waals surface area contributed by atoms with Gasteiger partial charge in [0.2, 0.25) is 10.0 Å². The van der Waals surface area contributed by atoms with Crippen LogP contribution in [0.5, 0.6) is 5.75 Å². The lowest BCUT2D eigenvalue weighted by Crippen LogP contribution is -2.13. The van der Waals surface area contributed by atoms with Crippen molar-refractivity contribution in [3.05, 3.63) is 78.4 Å². The van der Waals surface area contributed by atoms with E-state index in [9.17, 15) is 13.5 Å². The van der Waals surface area contributed by atoms with Gasteiger partial charge < -0.3 is 9.63 Å². The largest absolute Gasteiger partial charge is 0.508 e. The SMILES string of the molecule is Cc1ccc(S(N)(=O)=O)c(-c2ccc(-c3cc(-c4ccc(O)cc4)on3)cc2)c1. The van der Waals surface area contributed by atoms with Crippen molar-refractivity contribution in [2.24, 2.45) is 5.14 Å². The zero-order valence-electron chi connectivity index (χ0n) is 15.5. The highest BCUT2D eigenvalue weighted by atomic mass is 32.2. The van der Waals surface area contributed by atoms with Gasteiger partial charge >= 0.3 is 0 Å². The molecule has 0 aliphatic heterocycles. The van der Waals surface area contributed by atoms with Crippen LogP contribution in [0.15, 0.2) is 82.2 Å². The molecule has 0 amide bonds. The van der Waals surface area contributed by atoms with Gasteiger partial charge in [0.25, 0.3) is 0 Å². The monoisotopic (exact) mass is 406 g/mol. The molecular formula is C22H18N2O4S. The summed E-state index contributed by atoms with van der Waals surface area (Å²) in [6.45, 7) is 1.89. The van der Waals surface area contributed by atoms with Crippen LogP contribution in [0.25, 0.3) is 33.7 Å². The fraction of sp³-hybridized carbons (Fsp3) is 0.0455. The summed E-state index contributed by atoms with van der Waals surface area (Å²) in [5.41, 5.74) is 4.51. The number of phenols is 1. The molecule has 146 valence electrons. The van der Waals surface area contributed by atoms with E-state index in [2.05, 4.69) is 5.16 Å². The normalized spacial score (nSPS) is 11.5. The third-order valence-electron chi connectivity index (χ3n) is 4.60. The minimum Gasteiger partial charge on any atom is -0.508 e. The second kappa shape index (κ2) is 7.20. The Kier molecular flexibility index (Phi) is 4.70. The summed E-state index contributed by atoms with van der Waals surface area (Å²) in [5, 5.41) is 18.9. The molecule has 0 unspecified atom stereocenters. The molecule has 0 bridgehead atoms. The van der Waals surface area contributed by atoms with Crippen LogP contribution in [0, 0.1) is 6.92 Å². The van der Waals surface area contributed by atoms with Gasteiger partial charge in [-0.05, 0) is 42.8 Å². The van der Waals surface area contributed by atoms with Gasteiger partial charge in [0.05, 0.1) is 4.90 Å². The number of hydrogen-bond donors (Lipinski definition) is 2. The Bertz CT molecular complexity index is 1280. The first kappa shape index (κ1) is 18.9. The van der Waals surface area contributed by atoms with Crippen molar-refractivity contribution < 1.29 is 18.0 Å². The molecule has 7 heteroatoms. The number of rotatable bonds is 4. The maximum atomic E-state index is 11.9. The standard InChI is InChI=1S/C22H18N2O4S/c1-14-2-11-22(29(23,26)27)19(12-14)15-3-5-16(6-4-15)20-13-21(28-24-20)17-7-9-18(25)10-8-17/h2-13,25H,1H3,(H2,23,26,27). The van der Waals surface area contributed by atoms with Gasteiger partial charge in [-0.1, -0.05) is 47.1 Å². The molecule has 0 aliphatic rings. The highest BCUT2D eigenvalue weighted by Crippen LogP contribution is 2.31. The molecule has 0 saturated heterocycles. The fourth-order valence-corrected chi connectivity index (χ4v) is 3.85. The Morgan fingerprint density at radius 3 is 2.14 bits per heavy atom. The first-order valence-corrected chi connectivity index (χ1v) is 10.4. The van der Waals surface area contributed by atoms with Crippen LogP contribution in [0.2, 0.25) is 0 Å². The van der Waals surface area contributed by atoms with E-state index < -0.39 is 10.0 Å². The Labute approximate surface area is 168 Å². The molecule has 4 aromatic rings. The van der Waals surface area contributed by atoms with E-state index in [1.54, 1.807) is 36.4 Å². The summed E-state index contributed by atoms with van der Waals surface area (Å²) < 4.78 is 29.3. The minimum atomic E-state index is -3.84. The average molecular weight is 406 g/mol. The Morgan fingerprint density at radius 1 is 0.862 bits per heavy atom. The van der Waals surface area contributed by atoms with Gasteiger partial charge in [-0.3, -0.25) is 0 Å². The maximum absolute atomic E-state index is 11.9. The maximum Gasteiger partial charge on any atom is 0.238 e. The van der Waals surface area contributed by atoms with Crippen molar-refractivity contribution in [1.82, 2.24) is 5.16 Å². The smallest absolute Gasteiger partial charge is 0.238 e. The van der Waals surface area contributed by atoms with Crippen LogP contribution in [-0.2, 0) is 10.0 Å². The van der Waals surface area contributed by atoms with E-state index >= 15 is 0 Å². The van der Waals surface area contributed by atoms with Crippen LogP contribution in [0.4, 0.5) is 0 Å². The number of hydrogen-bond acceptors (Lipinski definition) is 5. The Hall–Kier alpha value is -3.42. The number of nitrogens with two attached hydrogens (primary N) is 1. The molecule has 29 heavy (non-hydrogen) atoms. The van der Waals surface area contributed by atoms with E-state index in [0.717, 1.165) is 22.3 Å². The summed E-state index contributed by atoms with van der Waals surface area (Å²) in [7, 11) is -3.84. The molecule has 0 fully saturated rings. The zero-order chi connectivity index (χ0) is 20.6. The molecular weight excluding hydrogens is 388 g/mol. The second-order valence-electron chi connectivity index (χ2n) is 6.75. The van der Waals surface area contributed by atoms with Crippen molar-refractivity contribution >= 4 is 10.0 Å². The summed E-state index contributed by atoms with van der Waals surface area (Å²) in [4.78, 5) is 0.0897. The van der Waals surface area contributed by atoms with Crippen LogP contribution in [0.3, 0.4) is 0 Å². The number of sulfonamides is 1. The number of primary sulfonamides is 1. The van der Waals surface area contributed by atoms with Gasteiger partial charge in [0.15, 0.2) is 5.76 Å². The Morgan fingerprint density at radius 2 is 1.48 bits per heavy atom. The van der Waals surface area contributed by atoms with Gasteiger partial charge in [0.1, 0.15) is 11.4 Å². The van der Waals surface area contributed by atoms with Gasteiger partial charge in [-0.2, -0.15) is 0 Å². The Balaban J connectivity index is 1.68. The summed E-state index contributed by atoms with van der Waals surface area (Å²) in [5.74, 6) is 0.762. The van der Waals surface area contributed by atoms with Gasteiger partial charge in [-0.25, -0.2) is 13.6 Å². The van der Waals surface area contributed by atoms with Crippen molar-refractivity contribution in [2.75, 3.05) is 0 Å². The first-order chi connectivity index (χ1) is 13.8. The van der Waals surface area contributed by atoms with Crippen molar-refractivity contribution in [2.45, 2.75) is 11.8 Å². The highest BCUT2D eigenvalue weighted by Gasteiger charge is 2.16. The predicted molar refractivity (Wildman–Crippen MR) is 111 cm³/mol. The number of nitrogens with zero attached hydrogens (tertiary/aromatic N) is 1. The third-order valence-corrected chi connectivity index (χ3v) is 5.56. The van der Waals surface area contributed by atoms with Crippen LogP contribution in [0.1, 0.15) is 5.56 Å². The van der Waals surface area contributed by atoms with Crippen molar-refractivity contribution in [3.63, 3.8) is 0 Å². The van der Waals surface area contributed by atoms with Crippen LogP contribution in [-0.4, -0.2) is 18.7 Å². The fourth-order valence-electron chi connectivity index (χ4n) is 3.11. The molecule has 0 saturated carbocycles. The van der Waals surface area contributed by atoms with E-state index in [0.29, 0.717) is 17.0 Å². The molecule has 0 spiro atoms. The molecule has 3 aromatic carbocycles. The number of aromatic nitrogens is 1. The van der Waals surface area contributed by atoms with Crippen LogP contribution >= 0.6 is 0 Å². The molecule has 6 nitrogen and oxygen atoms in total. The molecule has 0 radical (unpaired) electrons. The topological polar surface area (TPSA) is 106 Å². The summed E-state index contributed by atoms with van der Waals surface area (Å²) in [6, 6.07) is 20.9. The summed E-state index contributed by atoms with van der Waals surface area (Å²) in [6.07, 6.45) is 0. The number of aryl methyl sites for hydroxylation is 1. The molecule has 0 atom stereocenters. The quantitative estimate of drug-likeness (QED) is 0.524. The highest BCUT2D eigenvalue weighted by molar-refractivity contribution is 7.89. The van der Waals surface area contributed by atoms with E-state index in [4.69, 9.17) is 9.66 Å². The molecule has 0 aliphatic carbocycles. The van der Waals surface area contributed by atoms with Crippen LogP contribution < -0.4 is 5.14 Å². The zero-order valence-corrected chi connectivity index (χ0v) is 16.3. The molecule has 1 aromatic heterocycles. The summed E-state index contributed by atoms with van der Waals surface area (Å²) >= 11 is 0. The van der Waals surface area contributed by atoms with Gasteiger partial charge in [-0.15, -0.1) is 0 Å². The predicted octanol–water partition coefficient (Wildman–Crippen LogP) is 4.34. The minimum absolute atomic E-state index is 0.0897. The van der Waals surface area contributed by atoms with E-state index in [-0.39, 0.29) is 10.6 Å². The van der Waals surface area contributed by atoms with Crippen molar-refractivity contribution in [3.8, 4) is 39.5 Å². The lowest BCUT2D eigenvalue weighted by Gasteiger charge is -2.09. The molecule has 4 rings (SSSR count). The third kappa shape index (κ3) is 3.91. The van der Waals surface area contributed by atoms with Gasteiger partial charge in [0, 0.05) is 22.8 Å². The van der Waals surface area contributed by atoms with Crippen molar-refractivity contribution in [1.29, 1.82) is 0 Å². The van der Waals surface area contributed by atoms with E-state index in [1.807, 2.05) is 37.3 Å². The molecule has 1 heterocycles. The average Bonchev–Trinajstić information content (AvgIpc) is 3.18. The molecule has 3 N–H and O–H groups in total. The number of benzene rings is 3. The second-order valence-corrected chi connectivity index (χ2v) is 8.28.